The third-order valence-corrected chi connectivity index (χ3v) is 7.54. The van der Waals surface area contributed by atoms with Gasteiger partial charge in [-0.25, -0.2) is 0 Å². The maximum absolute atomic E-state index is 13.3. The van der Waals surface area contributed by atoms with Crippen molar-refractivity contribution in [2.24, 2.45) is 17.8 Å². The zero-order valence-electron chi connectivity index (χ0n) is 21.4. The Morgan fingerprint density at radius 1 is 1.12 bits per heavy atom. The lowest BCUT2D eigenvalue weighted by molar-refractivity contribution is -0.142. The fourth-order valence-corrected chi connectivity index (χ4v) is 4.93. The van der Waals surface area contributed by atoms with Gasteiger partial charge in [0.25, 0.3) is 0 Å². The summed E-state index contributed by atoms with van der Waals surface area (Å²) in [5.74, 6) is 0.512. The van der Waals surface area contributed by atoms with Crippen molar-refractivity contribution in [2.75, 3.05) is 27.3 Å². The molecule has 0 spiro atoms. The number of hydrogen-bond donors (Lipinski definition) is 1. The number of carbonyl (C=O) groups is 2. The maximum atomic E-state index is 13.3. The maximum Gasteiger partial charge on any atom is 0.225 e. The molecule has 1 saturated heterocycles. The van der Waals surface area contributed by atoms with Gasteiger partial charge in [-0.2, -0.15) is 0 Å². The Morgan fingerprint density at radius 2 is 1.82 bits per heavy atom. The van der Waals surface area contributed by atoms with E-state index in [0.717, 1.165) is 25.7 Å². The van der Waals surface area contributed by atoms with Crippen LogP contribution in [0, 0.1) is 17.8 Å². The van der Waals surface area contributed by atoms with Gasteiger partial charge in [-0.3, -0.25) is 9.59 Å². The first kappa shape index (κ1) is 27.3. The van der Waals surface area contributed by atoms with Crippen molar-refractivity contribution in [1.82, 2.24) is 10.2 Å². The summed E-state index contributed by atoms with van der Waals surface area (Å²) in [7, 11) is 3.33. The van der Waals surface area contributed by atoms with Crippen LogP contribution in [0.15, 0.2) is 30.3 Å². The Labute approximate surface area is 200 Å². The topological polar surface area (TPSA) is 67.9 Å². The summed E-state index contributed by atoms with van der Waals surface area (Å²) in [6.07, 6.45) is 3.56. The van der Waals surface area contributed by atoms with Gasteiger partial charge in [-0.1, -0.05) is 64.4 Å². The van der Waals surface area contributed by atoms with Crippen molar-refractivity contribution in [1.29, 1.82) is 0 Å². The summed E-state index contributed by atoms with van der Waals surface area (Å²) in [5, 5.41) is 3.05. The summed E-state index contributed by atoms with van der Waals surface area (Å²) >= 11 is 0. The second-order valence-corrected chi connectivity index (χ2v) is 9.54. The van der Waals surface area contributed by atoms with E-state index in [-0.39, 0.29) is 36.0 Å². The van der Waals surface area contributed by atoms with Crippen LogP contribution < -0.4 is 5.32 Å². The lowest BCUT2D eigenvalue weighted by atomic mass is 9.87. The van der Waals surface area contributed by atoms with Crippen LogP contribution in [0.1, 0.15) is 58.9 Å². The molecule has 1 fully saturated rings. The van der Waals surface area contributed by atoms with E-state index < -0.39 is 0 Å². The monoisotopic (exact) mass is 460 g/mol. The molecule has 1 heterocycles. The van der Waals surface area contributed by atoms with Gasteiger partial charge in [0.1, 0.15) is 0 Å². The molecule has 2 rings (SSSR count). The molecule has 6 nitrogen and oxygen atoms in total. The molecule has 0 aliphatic carbocycles. The first-order chi connectivity index (χ1) is 15.8. The number of carbonyl (C=O) groups excluding carboxylic acids is 2. The van der Waals surface area contributed by atoms with Gasteiger partial charge in [0.05, 0.1) is 30.6 Å². The molecule has 1 aliphatic heterocycles. The number of methoxy groups -OCH3 is 2. The van der Waals surface area contributed by atoms with E-state index in [0.29, 0.717) is 31.3 Å². The Morgan fingerprint density at radius 3 is 2.42 bits per heavy atom. The molecule has 186 valence electrons. The van der Waals surface area contributed by atoms with E-state index >= 15 is 0 Å². The number of amides is 2. The fraction of sp³-hybridized carbons (Fsp3) is 0.704. The lowest BCUT2D eigenvalue weighted by Gasteiger charge is -2.35. The Hall–Kier alpha value is -1.92. The summed E-state index contributed by atoms with van der Waals surface area (Å²) < 4.78 is 11.5. The smallest absolute Gasteiger partial charge is 0.225 e. The quantitative estimate of drug-likeness (QED) is 0.482. The third kappa shape index (κ3) is 7.54. The minimum absolute atomic E-state index is 0.0303. The van der Waals surface area contributed by atoms with Crippen LogP contribution in [0.3, 0.4) is 0 Å². The van der Waals surface area contributed by atoms with Crippen molar-refractivity contribution in [3.63, 3.8) is 0 Å². The van der Waals surface area contributed by atoms with Crippen molar-refractivity contribution < 1.29 is 19.1 Å². The van der Waals surface area contributed by atoms with E-state index in [1.54, 1.807) is 14.2 Å². The summed E-state index contributed by atoms with van der Waals surface area (Å²) in [4.78, 5) is 28.1. The van der Waals surface area contributed by atoms with Crippen LogP contribution in [0.4, 0.5) is 0 Å². The van der Waals surface area contributed by atoms with Gasteiger partial charge in [0.15, 0.2) is 0 Å². The lowest BCUT2D eigenvalue weighted by Crippen LogP contribution is -2.50. The number of nitrogens with one attached hydrogen (secondary N) is 1. The SMILES string of the molecule is CCC(C)C(C)C(CC(=O)N1CCCC1C(OC)C(C)C(=O)NCCc1ccccc1)OC. The molecule has 6 unspecified atom stereocenters. The molecule has 1 aromatic carbocycles. The van der Waals surface area contributed by atoms with Gasteiger partial charge < -0.3 is 19.7 Å². The van der Waals surface area contributed by atoms with Crippen LogP contribution in [0.25, 0.3) is 0 Å². The van der Waals surface area contributed by atoms with Crippen molar-refractivity contribution in [3.05, 3.63) is 35.9 Å². The summed E-state index contributed by atoms with van der Waals surface area (Å²) in [6, 6.07) is 10.0. The molecule has 1 aliphatic rings. The van der Waals surface area contributed by atoms with Crippen LogP contribution in [-0.4, -0.2) is 62.3 Å². The normalized spacial score (nSPS) is 20.7. The molecule has 1 N–H and O–H groups in total. The van der Waals surface area contributed by atoms with E-state index in [9.17, 15) is 9.59 Å². The highest BCUT2D eigenvalue weighted by Crippen LogP contribution is 2.29. The van der Waals surface area contributed by atoms with E-state index in [1.165, 1.54) is 5.56 Å². The average molecular weight is 461 g/mol. The largest absolute Gasteiger partial charge is 0.381 e. The highest BCUT2D eigenvalue weighted by molar-refractivity contribution is 5.80. The minimum Gasteiger partial charge on any atom is -0.381 e. The third-order valence-electron chi connectivity index (χ3n) is 7.54. The van der Waals surface area contributed by atoms with E-state index in [1.807, 2.05) is 30.0 Å². The summed E-state index contributed by atoms with van der Waals surface area (Å²) in [6.45, 7) is 9.73. The number of hydrogen-bond acceptors (Lipinski definition) is 4. The summed E-state index contributed by atoms with van der Waals surface area (Å²) in [5.41, 5.74) is 1.20. The minimum atomic E-state index is -0.346. The average Bonchev–Trinajstić information content (AvgIpc) is 3.32. The zero-order valence-corrected chi connectivity index (χ0v) is 21.4. The predicted molar refractivity (Wildman–Crippen MR) is 132 cm³/mol. The van der Waals surface area contributed by atoms with Gasteiger partial charge >= 0.3 is 0 Å². The molecular formula is C27H44N2O4. The molecule has 0 saturated carbocycles. The fourth-order valence-electron chi connectivity index (χ4n) is 4.93. The predicted octanol–water partition coefficient (Wildman–Crippen LogP) is 4.07. The molecule has 2 amide bonds. The highest BCUT2D eigenvalue weighted by atomic mass is 16.5. The van der Waals surface area contributed by atoms with Crippen LogP contribution in [-0.2, 0) is 25.5 Å². The molecule has 1 aromatic rings. The number of rotatable bonds is 13. The van der Waals surface area contributed by atoms with Crippen molar-refractivity contribution >= 4 is 11.8 Å². The van der Waals surface area contributed by atoms with Gasteiger partial charge in [-0.05, 0) is 36.7 Å². The number of benzene rings is 1. The first-order valence-corrected chi connectivity index (χ1v) is 12.5. The molecule has 6 atom stereocenters. The van der Waals surface area contributed by atoms with Crippen LogP contribution >= 0.6 is 0 Å². The number of ether oxygens (including phenoxy) is 2. The van der Waals surface area contributed by atoms with Crippen LogP contribution in [0.2, 0.25) is 0 Å². The number of nitrogens with zero attached hydrogens (tertiary/aromatic N) is 1. The Bertz CT molecular complexity index is 726. The molecular weight excluding hydrogens is 416 g/mol. The van der Waals surface area contributed by atoms with Crippen LogP contribution in [0.5, 0.6) is 0 Å². The Kier molecular flexibility index (Phi) is 11.3. The van der Waals surface area contributed by atoms with Gasteiger partial charge in [0.2, 0.25) is 11.8 Å². The van der Waals surface area contributed by atoms with Crippen molar-refractivity contribution in [2.45, 2.75) is 78.0 Å². The van der Waals surface area contributed by atoms with E-state index in [4.69, 9.17) is 9.47 Å². The van der Waals surface area contributed by atoms with Crippen molar-refractivity contribution in [3.8, 4) is 0 Å². The second kappa shape index (κ2) is 13.7. The standard InChI is InChI=1S/C27H44N2O4/c1-7-19(2)20(3)24(32-5)18-25(30)29-17-11-14-23(29)26(33-6)21(4)27(31)28-16-15-22-12-9-8-10-13-22/h8-10,12-13,19-21,23-24,26H,7,11,14-18H2,1-6H3,(H,28,31). The van der Waals surface area contributed by atoms with Gasteiger partial charge in [0, 0.05) is 27.3 Å². The molecule has 33 heavy (non-hydrogen) atoms. The second-order valence-electron chi connectivity index (χ2n) is 9.54. The molecule has 0 bridgehead atoms. The van der Waals surface area contributed by atoms with Gasteiger partial charge in [-0.15, -0.1) is 0 Å². The molecule has 0 radical (unpaired) electrons. The molecule has 0 aromatic heterocycles. The first-order valence-electron chi connectivity index (χ1n) is 12.5. The van der Waals surface area contributed by atoms with E-state index in [2.05, 4.69) is 38.2 Å². The number of likely N-dealkylation sites (tertiary alicyclic amines) is 1. The zero-order chi connectivity index (χ0) is 24.4. The Balaban J connectivity index is 1.97. The molecule has 6 heteroatoms. The highest BCUT2D eigenvalue weighted by Gasteiger charge is 2.40.